The van der Waals surface area contributed by atoms with Gasteiger partial charge in [0.25, 0.3) is 0 Å². The lowest BCUT2D eigenvalue weighted by molar-refractivity contribution is -0.296. The predicted molar refractivity (Wildman–Crippen MR) is 52.4 cm³/mol. The molecule has 6 nitrogen and oxygen atoms in total. The summed E-state index contributed by atoms with van der Waals surface area (Å²) in [6.45, 7) is 4.21. The second kappa shape index (κ2) is 5.35. The first kappa shape index (κ1) is 13.4. The fourth-order valence-electron chi connectivity index (χ4n) is 0.446. The average molecular weight is 241 g/mol. The average Bonchev–Trinajstić information content (AvgIpc) is 2.01. The van der Waals surface area contributed by atoms with E-state index in [1.54, 1.807) is 13.8 Å². The Kier molecular flexibility index (Phi) is 5.13. The van der Waals surface area contributed by atoms with Gasteiger partial charge in [0.05, 0.1) is 6.10 Å². The summed E-state index contributed by atoms with van der Waals surface area (Å²) in [4.78, 5) is 19.6. The lowest BCUT2D eigenvalue weighted by Crippen LogP contribution is -2.35. The molecule has 0 aliphatic rings. The van der Waals surface area contributed by atoms with Gasteiger partial charge in [-0.1, -0.05) is 12.2 Å². The van der Waals surface area contributed by atoms with Gasteiger partial charge in [0, 0.05) is 6.92 Å². The van der Waals surface area contributed by atoms with Gasteiger partial charge in [0.15, 0.2) is 0 Å². The van der Waals surface area contributed by atoms with Crippen molar-refractivity contribution in [2.45, 2.75) is 26.9 Å². The van der Waals surface area contributed by atoms with E-state index in [1.165, 1.54) is 0 Å². The molecule has 0 aromatic heterocycles. The highest BCUT2D eigenvalue weighted by Gasteiger charge is 2.25. The molecule has 0 aromatic carbocycles. The van der Waals surface area contributed by atoms with Crippen LogP contribution in [0.15, 0.2) is 0 Å². The minimum Gasteiger partial charge on any atom is -0.327 e. The predicted octanol–water partition coefficient (Wildman–Crippen LogP) is 0.394. The van der Waals surface area contributed by atoms with Crippen LogP contribution >= 0.6 is 12.2 Å². The molecule has 0 fully saturated rings. The Hall–Kier alpha value is -0.570. The lowest BCUT2D eigenvalue weighted by Gasteiger charge is -2.18. The molecule has 0 saturated heterocycles. The van der Waals surface area contributed by atoms with E-state index in [4.69, 9.17) is 4.84 Å². The second-order valence-electron chi connectivity index (χ2n) is 2.57. The normalized spacial score (nSPS) is 11.8. The molecule has 0 saturated carbocycles. The van der Waals surface area contributed by atoms with Crippen molar-refractivity contribution in [3.8, 4) is 0 Å². The second-order valence-corrected chi connectivity index (χ2v) is 4.67. The molecule has 0 spiro atoms. The maximum absolute atomic E-state index is 11.1. The number of rotatable bonds is 5. The van der Waals surface area contributed by atoms with E-state index >= 15 is 0 Å². The molecule has 0 bridgehead atoms. The number of carbonyl (C=O) groups is 1. The van der Waals surface area contributed by atoms with Crippen LogP contribution in [0, 0.1) is 0 Å². The van der Waals surface area contributed by atoms with Crippen molar-refractivity contribution >= 4 is 32.9 Å². The number of hydrogen-bond acceptors (Lipinski definition) is 6. The molecule has 0 N–H and O–H groups in total. The molecular formula is C6H11NO5S2. The van der Waals surface area contributed by atoms with E-state index in [1.807, 2.05) is 0 Å². The molecular weight excluding hydrogens is 230 g/mol. The SMILES string of the molecule is CC(=O)ON(OC(C)C)S(=O)(=O)C=S. The van der Waals surface area contributed by atoms with Crippen LogP contribution in [-0.4, -0.2) is 29.8 Å². The Morgan fingerprint density at radius 3 is 2.29 bits per heavy atom. The van der Waals surface area contributed by atoms with Crippen molar-refractivity contribution in [3.63, 3.8) is 0 Å². The summed E-state index contributed by atoms with van der Waals surface area (Å²) >= 11 is 4.24. The third-order valence-electron chi connectivity index (χ3n) is 0.829. The highest BCUT2D eigenvalue weighted by Crippen LogP contribution is 2.05. The topological polar surface area (TPSA) is 72.9 Å². The summed E-state index contributed by atoms with van der Waals surface area (Å²) in [5.41, 5.74) is 0. The van der Waals surface area contributed by atoms with Gasteiger partial charge in [-0.15, -0.1) is 0 Å². The van der Waals surface area contributed by atoms with E-state index in [0.29, 0.717) is 4.70 Å². The first-order valence-corrected chi connectivity index (χ1v) is 5.63. The van der Waals surface area contributed by atoms with Gasteiger partial charge < -0.3 is 4.84 Å². The van der Waals surface area contributed by atoms with Crippen LogP contribution in [0.2, 0.25) is 0 Å². The van der Waals surface area contributed by atoms with E-state index in [0.717, 1.165) is 6.92 Å². The summed E-state index contributed by atoms with van der Waals surface area (Å²) in [5.74, 6) is -0.814. The van der Waals surface area contributed by atoms with Crippen molar-refractivity contribution < 1.29 is 22.9 Å². The van der Waals surface area contributed by atoms with E-state index in [2.05, 4.69) is 17.1 Å². The smallest absolute Gasteiger partial charge is 0.326 e. The summed E-state index contributed by atoms with van der Waals surface area (Å²) in [6.07, 6.45) is -0.459. The van der Waals surface area contributed by atoms with E-state index < -0.39 is 22.1 Å². The minimum absolute atomic E-state index is 0.104. The summed E-state index contributed by atoms with van der Waals surface area (Å²) in [5, 5.41) is 0. The number of sulfonamides is 1. The fraction of sp³-hybridized carbons (Fsp3) is 0.667. The van der Waals surface area contributed by atoms with E-state index in [9.17, 15) is 13.2 Å². The van der Waals surface area contributed by atoms with Crippen LogP contribution in [0.5, 0.6) is 0 Å². The third kappa shape index (κ3) is 4.61. The highest BCUT2D eigenvalue weighted by molar-refractivity contribution is 8.13. The molecule has 0 atom stereocenters. The molecule has 0 aromatic rings. The van der Waals surface area contributed by atoms with Crippen LogP contribution < -0.4 is 0 Å². The van der Waals surface area contributed by atoms with Crippen molar-refractivity contribution in [2.75, 3.05) is 0 Å². The van der Waals surface area contributed by atoms with Gasteiger partial charge in [0.2, 0.25) is 0 Å². The van der Waals surface area contributed by atoms with Crippen molar-refractivity contribution in [3.05, 3.63) is 0 Å². The van der Waals surface area contributed by atoms with Crippen LogP contribution in [-0.2, 0) is 24.5 Å². The van der Waals surface area contributed by atoms with Crippen LogP contribution in [0.25, 0.3) is 0 Å². The van der Waals surface area contributed by atoms with Gasteiger partial charge in [0.1, 0.15) is 9.33 Å². The Morgan fingerprint density at radius 2 is 2.00 bits per heavy atom. The van der Waals surface area contributed by atoms with Gasteiger partial charge >= 0.3 is 16.0 Å². The first-order valence-electron chi connectivity index (χ1n) is 3.65. The molecule has 0 amide bonds. The zero-order chi connectivity index (χ0) is 11.4. The number of nitrogens with zero attached hydrogens (tertiary/aromatic N) is 1. The first-order chi connectivity index (χ1) is 6.29. The van der Waals surface area contributed by atoms with Gasteiger partial charge in [-0.05, 0) is 13.8 Å². The fourth-order valence-corrected chi connectivity index (χ4v) is 1.23. The minimum atomic E-state index is -3.99. The third-order valence-corrected chi connectivity index (χ3v) is 2.38. The summed E-state index contributed by atoms with van der Waals surface area (Å²) < 4.78 is 22.8. The van der Waals surface area contributed by atoms with Crippen LogP contribution in [0.1, 0.15) is 20.8 Å². The quantitative estimate of drug-likeness (QED) is 0.512. The van der Waals surface area contributed by atoms with Crippen LogP contribution in [0.3, 0.4) is 0 Å². The number of carbonyl (C=O) groups excluding carboxylic acids is 1. The number of thiocarbonyl (C=S) groups is 1. The van der Waals surface area contributed by atoms with Crippen LogP contribution in [0.4, 0.5) is 0 Å². The van der Waals surface area contributed by atoms with Gasteiger partial charge in [-0.3, -0.25) is 4.79 Å². The highest BCUT2D eigenvalue weighted by atomic mass is 32.2. The molecule has 8 heteroatoms. The molecule has 0 radical (unpaired) electrons. The van der Waals surface area contributed by atoms with Crippen molar-refractivity contribution in [2.24, 2.45) is 0 Å². The zero-order valence-corrected chi connectivity index (χ0v) is 9.59. The van der Waals surface area contributed by atoms with Crippen molar-refractivity contribution in [1.29, 1.82) is 0 Å². The Bertz CT molecular complexity index is 310. The summed E-state index contributed by atoms with van der Waals surface area (Å²) in [7, 11) is -3.99. The molecule has 0 aliphatic heterocycles. The largest absolute Gasteiger partial charge is 0.327 e. The van der Waals surface area contributed by atoms with Gasteiger partial charge in [-0.2, -0.15) is 0 Å². The monoisotopic (exact) mass is 241 g/mol. The molecule has 0 aliphatic carbocycles. The Labute approximate surface area is 87.7 Å². The zero-order valence-electron chi connectivity index (χ0n) is 7.96. The maximum Gasteiger partial charge on any atom is 0.326 e. The van der Waals surface area contributed by atoms with E-state index in [-0.39, 0.29) is 4.63 Å². The standard InChI is InChI=1S/C6H11NO5S2/c1-5(2)11-7(12-6(3)8)14(9,10)4-13/h4-5H,1-3H3. The maximum atomic E-state index is 11.1. The Morgan fingerprint density at radius 1 is 1.50 bits per heavy atom. The molecule has 14 heavy (non-hydrogen) atoms. The number of hydrogen-bond donors (Lipinski definition) is 0. The Balaban J connectivity index is 4.72. The molecule has 82 valence electrons. The van der Waals surface area contributed by atoms with Gasteiger partial charge in [-0.25, -0.2) is 13.3 Å². The molecule has 0 rings (SSSR count). The summed E-state index contributed by atoms with van der Waals surface area (Å²) in [6, 6.07) is 0. The molecule has 0 unspecified atom stereocenters. The van der Waals surface area contributed by atoms with Crippen molar-refractivity contribution in [1.82, 2.24) is 4.63 Å². The molecule has 0 heterocycles. The lowest BCUT2D eigenvalue weighted by atomic mass is 10.5.